The number of phosphoric acid groups is 1. The van der Waals surface area contributed by atoms with Crippen LogP contribution in [0.1, 0.15) is 142 Å². The number of hydrogen-bond donors (Lipinski definition) is 0. The second-order valence-corrected chi connectivity index (χ2v) is 12.8. The van der Waals surface area contributed by atoms with Crippen molar-refractivity contribution < 1.29 is 102 Å². The van der Waals surface area contributed by atoms with Gasteiger partial charge in [-0.3, -0.25) is 14.4 Å². The summed E-state index contributed by atoms with van der Waals surface area (Å²) in [5.74, 6) is -0.143. The minimum atomic E-state index is -5.25. The van der Waals surface area contributed by atoms with Gasteiger partial charge in [0, 0.05) is 25.5 Å². The SMILES string of the molecule is CCCCCCCCCCCCCC(=O)O[C@H](COC(=O)CCCCCCCCCSC(C)=O)COP(=O)([O-])[O-].[Na+].[Na+]. The van der Waals surface area contributed by atoms with Crippen LogP contribution in [-0.2, 0) is 32.9 Å². The number of thioether (sulfide) groups is 1. The molecule has 9 nitrogen and oxygen atoms in total. The van der Waals surface area contributed by atoms with Crippen molar-refractivity contribution in [3.05, 3.63) is 0 Å². The number of hydrogen-bond acceptors (Lipinski definition) is 10. The van der Waals surface area contributed by atoms with Crippen molar-refractivity contribution in [2.45, 2.75) is 148 Å². The number of carbonyl (C=O) groups excluding carboxylic acids is 3. The van der Waals surface area contributed by atoms with Crippen LogP contribution in [0.25, 0.3) is 0 Å². The molecule has 0 aromatic rings. The van der Waals surface area contributed by atoms with E-state index >= 15 is 0 Å². The summed E-state index contributed by atoms with van der Waals surface area (Å²) in [6, 6.07) is 0. The second kappa shape index (κ2) is 33.4. The molecule has 0 unspecified atom stereocenters. The first-order valence-electron chi connectivity index (χ1n) is 15.3. The molecule has 0 aliphatic heterocycles. The van der Waals surface area contributed by atoms with Gasteiger partial charge >= 0.3 is 71.1 Å². The molecule has 0 spiro atoms. The van der Waals surface area contributed by atoms with Crippen LogP contribution in [0.5, 0.6) is 0 Å². The zero-order valence-corrected chi connectivity index (χ0v) is 32.6. The molecule has 42 heavy (non-hydrogen) atoms. The predicted molar refractivity (Wildman–Crippen MR) is 156 cm³/mol. The van der Waals surface area contributed by atoms with Crippen molar-refractivity contribution in [2.75, 3.05) is 19.0 Å². The summed E-state index contributed by atoms with van der Waals surface area (Å²) >= 11 is 1.36. The van der Waals surface area contributed by atoms with E-state index in [2.05, 4.69) is 11.4 Å². The van der Waals surface area contributed by atoms with E-state index in [1.54, 1.807) is 6.92 Å². The molecule has 236 valence electrons. The van der Waals surface area contributed by atoms with Gasteiger partial charge in [-0.1, -0.05) is 115 Å². The Hall–Kier alpha value is 1.07. The van der Waals surface area contributed by atoms with E-state index in [0.29, 0.717) is 12.8 Å². The van der Waals surface area contributed by atoms with E-state index in [-0.39, 0.29) is 83.7 Å². The fourth-order valence-electron chi connectivity index (χ4n) is 4.20. The van der Waals surface area contributed by atoms with Gasteiger partial charge in [0.15, 0.2) is 11.2 Å². The maximum absolute atomic E-state index is 12.2. The standard InChI is InChI=1S/C29H55O9PS.2Na/c1-3-4-5-6-7-8-9-10-12-16-19-22-29(32)38-27(25-37-39(33,34)35)24-36-28(31)21-18-15-13-11-14-17-20-23-40-26(2)30;;/h27H,3-25H2,1-2H3,(H2,33,34,35);;/q;2*+1/p-2/t27-;;/m1../s1. The zero-order chi connectivity index (χ0) is 29.9. The number of esters is 2. The average Bonchev–Trinajstić information content (AvgIpc) is 2.89. The van der Waals surface area contributed by atoms with Gasteiger partial charge < -0.3 is 28.3 Å². The third kappa shape index (κ3) is 37.3. The van der Waals surface area contributed by atoms with Crippen LogP contribution in [-0.4, -0.2) is 42.1 Å². The first-order chi connectivity index (χ1) is 19.1. The van der Waals surface area contributed by atoms with Crippen LogP contribution in [0.4, 0.5) is 0 Å². The second-order valence-electron chi connectivity index (χ2n) is 10.4. The quantitative estimate of drug-likeness (QED) is 0.0504. The minimum absolute atomic E-state index is 0. The van der Waals surface area contributed by atoms with Crippen molar-refractivity contribution in [1.82, 2.24) is 0 Å². The third-order valence-electron chi connectivity index (χ3n) is 6.46. The number of carbonyl (C=O) groups is 3. The van der Waals surface area contributed by atoms with Gasteiger partial charge in [0.25, 0.3) is 0 Å². The van der Waals surface area contributed by atoms with Gasteiger partial charge in [-0.25, -0.2) is 0 Å². The molecule has 0 rings (SSSR count). The fraction of sp³-hybridized carbons (Fsp3) is 0.897. The Morgan fingerprint density at radius 1 is 0.667 bits per heavy atom. The van der Waals surface area contributed by atoms with Crippen LogP contribution in [0.3, 0.4) is 0 Å². The van der Waals surface area contributed by atoms with Crippen LogP contribution in [0.2, 0.25) is 0 Å². The van der Waals surface area contributed by atoms with E-state index in [1.807, 2.05) is 0 Å². The summed E-state index contributed by atoms with van der Waals surface area (Å²) in [6.07, 6.45) is 18.7. The Kier molecular flexibility index (Phi) is 37.8. The first-order valence-corrected chi connectivity index (χ1v) is 17.7. The molecule has 0 amide bonds. The van der Waals surface area contributed by atoms with Crippen LogP contribution in [0, 0.1) is 0 Å². The van der Waals surface area contributed by atoms with Gasteiger partial charge in [0.05, 0.1) is 14.4 Å². The molecule has 1 atom stereocenters. The zero-order valence-electron chi connectivity index (χ0n) is 26.9. The molecule has 0 aliphatic carbocycles. The maximum Gasteiger partial charge on any atom is 1.00 e. The molecule has 0 N–H and O–H groups in total. The van der Waals surface area contributed by atoms with E-state index in [0.717, 1.165) is 63.5 Å². The van der Waals surface area contributed by atoms with Crippen molar-refractivity contribution in [1.29, 1.82) is 0 Å². The van der Waals surface area contributed by atoms with Crippen molar-refractivity contribution >= 4 is 36.6 Å². The summed E-state index contributed by atoms with van der Waals surface area (Å²) in [7, 11) is -5.25. The third-order valence-corrected chi connectivity index (χ3v) is 7.83. The first kappa shape index (κ1) is 47.5. The molecule has 0 heterocycles. The number of rotatable bonds is 28. The molecule has 0 aromatic carbocycles. The number of ether oxygens (including phenoxy) is 2. The number of unbranched alkanes of at least 4 members (excludes halogenated alkanes) is 16. The molecule has 0 fully saturated rings. The molecule has 0 bridgehead atoms. The van der Waals surface area contributed by atoms with E-state index in [4.69, 9.17) is 9.47 Å². The van der Waals surface area contributed by atoms with E-state index in [9.17, 15) is 28.7 Å². The maximum atomic E-state index is 12.2. The molecule has 0 saturated heterocycles. The van der Waals surface area contributed by atoms with Crippen molar-refractivity contribution in [2.24, 2.45) is 0 Å². The summed E-state index contributed by atoms with van der Waals surface area (Å²) in [5.41, 5.74) is 0. The molecule has 0 aromatic heterocycles. The Morgan fingerprint density at radius 3 is 1.55 bits per heavy atom. The summed E-state index contributed by atoms with van der Waals surface area (Å²) in [6.45, 7) is 2.76. The summed E-state index contributed by atoms with van der Waals surface area (Å²) in [5, 5.41) is 0.152. The molecule has 0 aliphatic rings. The fourth-order valence-corrected chi connectivity index (χ4v) is 5.18. The Bertz CT molecular complexity index is 711. The van der Waals surface area contributed by atoms with Gasteiger partial charge in [-0.2, -0.15) is 0 Å². The van der Waals surface area contributed by atoms with Gasteiger partial charge in [0.1, 0.15) is 6.61 Å². The summed E-state index contributed by atoms with van der Waals surface area (Å²) < 4.78 is 25.5. The van der Waals surface area contributed by atoms with Crippen molar-refractivity contribution in [3.63, 3.8) is 0 Å². The van der Waals surface area contributed by atoms with Gasteiger partial charge in [0.2, 0.25) is 0 Å². The van der Waals surface area contributed by atoms with Crippen molar-refractivity contribution in [3.8, 4) is 0 Å². The molecule has 0 radical (unpaired) electrons. The van der Waals surface area contributed by atoms with Crippen LogP contribution in [0.15, 0.2) is 0 Å². The minimum Gasteiger partial charge on any atom is -0.790 e. The topological polar surface area (TPSA) is 142 Å². The molecular formula is C29H53Na2O9PS. The molecule has 13 heteroatoms. The van der Waals surface area contributed by atoms with E-state index < -0.39 is 32.5 Å². The Balaban J connectivity index is -0.00000760. The average molecular weight is 655 g/mol. The molecule has 0 saturated carbocycles. The summed E-state index contributed by atoms with van der Waals surface area (Å²) in [4.78, 5) is 56.9. The van der Waals surface area contributed by atoms with Crippen LogP contribution >= 0.6 is 19.6 Å². The van der Waals surface area contributed by atoms with Gasteiger partial charge in [-0.15, -0.1) is 0 Å². The predicted octanol–water partition coefficient (Wildman–Crippen LogP) is 0.396. The Labute approximate surface area is 303 Å². The molecular weight excluding hydrogens is 601 g/mol. The monoisotopic (exact) mass is 654 g/mol. The van der Waals surface area contributed by atoms with E-state index in [1.165, 1.54) is 56.7 Å². The normalized spacial score (nSPS) is 11.7. The van der Waals surface area contributed by atoms with Crippen LogP contribution < -0.4 is 68.9 Å². The number of phosphoric ester groups is 1. The Morgan fingerprint density at radius 2 is 1.10 bits per heavy atom. The largest absolute Gasteiger partial charge is 1.00 e. The van der Waals surface area contributed by atoms with Gasteiger partial charge in [-0.05, 0) is 19.3 Å². The smallest absolute Gasteiger partial charge is 0.790 e.